The zero-order valence-electron chi connectivity index (χ0n) is 13.6. The van der Waals surface area contributed by atoms with Gasteiger partial charge in [0.25, 0.3) is 0 Å². The highest BCUT2D eigenvalue weighted by Crippen LogP contribution is 2.30. The number of thiophene rings is 1. The van der Waals surface area contributed by atoms with Crippen LogP contribution in [0.25, 0.3) is 0 Å². The molecule has 2 amide bonds. The summed E-state index contributed by atoms with van der Waals surface area (Å²) in [5, 5.41) is 5.50. The molecular formula is C16H19N3O4S2. The summed E-state index contributed by atoms with van der Waals surface area (Å²) in [6.07, 6.45) is 3.68. The number of carbonyl (C=O) groups excluding carboxylic acids is 2. The Bertz CT molecular complexity index is 805. The smallest absolute Gasteiger partial charge is 0.309 e. The molecule has 0 aliphatic rings. The van der Waals surface area contributed by atoms with Gasteiger partial charge < -0.3 is 10.6 Å². The van der Waals surface area contributed by atoms with E-state index in [9.17, 15) is 18.0 Å². The highest BCUT2D eigenvalue weighted by atomic mass is 32.2. The van der Waals surface area contributed by atoms with Crippen LogP contribution >= 0.6 is 11.3 Å². The van der Waals surface area contributed by atoms with Gasteiger partial charge in [-0.15, -0.1) is 11.3 Å². The molecule has 0 saturated heterocycles. The molecule has 2 rings (SSSR count). The van der Waals surface area contributed by atoms with Gasteiger partial charge in [-0.3, -0.25) is 14.6 Å². The molecule has 0 aliphatic carbocycles. The monoisotopic (exact) mass is 381 g/mol. The van der Waals surface area contributed by atoms with E-state index in [0.29, 0.717) is 18.5 Å². The average Bonchev–Trinajstić information content (AvgIpc) is 3.16. The maximum Gasteiger partial charge on any atom is 0.309 e. The minimum Gasteiger partial charge on any atom is -0.348 e. The van der Waals surface area contributed by atoms with Crippen LogP contribution in [0.2, 0.25) is 0 Å². The van der Waals surface area contributed by atoms with Crippen molar-refractivity contribution in [3.63, 3.8) is 0 Å². The van der Waals surface area contributed by atoms with Crippen LogP contribution in [0.3, 0.4) is 0 Å². The van der Waals surface area contributed by atoms with E-state index in [0.717, 1.165) is 11.3 Å². The minimum absolute atomic E-state index is 0.200. The van der Waals surface area contributed by atoms with Crippen LogP contribution in [-0.2, 0) is 19.4 Å². The summed E-state index contributed by atoms with van der Waals surface area (Å²) in [5.41, 5.74) is 0.449. The SMILES string of the molecule is CCCNC(=O)C(=O)NC[C@@H](c1cccnc1)S(=O)(=O)c1cccs1. The number of rotatable bonds is 7. The van der Waals surface area contributed by atoms with Crippen molar-refractivity contribution < 1.29 is 18.0 Å². The molecule has 0 aliphatic heterocycles. The van der Waals surface area contributed by atoms with Crippen LogP contribution in [0.15, 0.2) is 46.2 Å². The van der Waals surface area contributed by atoms with E-state index < -0.39 is 26.9 Å². The van der Waals surface area contributed by atoms with E-state index in [4.69, 9.17) is 0 Å². The third-order valence-corrected chi connectivity index (χ3v) is 6.93. The number of aromatic nitrogens is 1. The van der Waals surface area contributed by atoms with Crippen molar-refractivity contribution in [1.82, 2.24) is 15.6 Å². The second kappa shape index (κ2) is 8.72. The van der Waals surface area contributed by atoms with E-state index in [1.165, 1.54) is 18.5 Å². The quantitative estimate of drug-likeness (QED) is 0.704. The first-order chi connectivity index (χ1) is 12.0. The van der Waals surface area contributed by atoms with Crippen molar-refractivity contribution in [2.45, 2.75) is 22.8 Å². The molecule has 0 unspecified atom stereocenters. The third-order valence-electron chi connectivity index (χ3n) is 3.40. The normalized spacial score (nSPS) is 12.4. The lowest BCUT2D eigenvalue weighted by Crippen LogP contribution is -2.42. The van der Waals surface area contributed by atoms with Crippen molar-refractivity contribution in [2.75, 3.05) is 13.1 Å². The largest absolute Gasteiger partial charge is 0.348 e. The fourth-order valence-corrected chi connectivity index (χ4v) is 4.97. The first-order valence-electron chi connectivity index (χ1n) is 7.70. The molecule has 0 saturated carbocycles. The van der Waals surface area contributed by atoms with Gasteiger partial charge in [-0.25, -0.2) is 8.42 Å². The summed E-state index contributed by atoms with van der Waals surface area (Å²) < 4.78 is 26.0. The highest BCUT2D eigenvalue weighted by molar-refractivity contribution is 7.93. The predicted molar refractivity (Wildman–Crippen MR) is 94.8 cm³/mol. The van der Waals surface area contributed by atoms with Crippen LogP contribution in [0.4, 0.5) is 0 Å². The predicted octanol–water partition coefficient (Wildman–Crippen LogP) is 1.30. The zero-order chi connectivity index (χ0) is 18.3. The molecule has 9 heteroatoms. The molecule has 2 aromatic rings. The van der Waals surface area contributed by atoms with Gasteiger partial charge in [0.1, 0.15) is 9.46 Å². The van der Waals surface area contributed by atoms with Gasteiger partial charge in [0, 0.05) is 25.5 Å². The number of carbonyl (C=O) groups is 2. The highest BCUT2D eigenvalue weighted by Gasteiger charge is 2.31. The lowest BCUT2D eigenvalue weighted by Gasteiger charge is -2.17. The van der Waals surface area contributed by atoms with Gasteiger partial charge in [0.2, 0.25) is 0 Å². The molecule has 0 spiro atoms. The minimum atomic E-state index is -3.72. The van der Waals surface area contributed by atoms with Crippen molar-refractivity contribution in [3.05, 3.63) is 47.6 Å². The first-order valence-corrected chi connectivity index (χ1v) is 10.1. The number of amides is 2. The van der Waals surface area contributed by atoms with Gasteiger partial charge in [0.05, 0.1) is 0 Å². The maximum atomic E-state index is 12.9. The lowest BCUT2D eigenvalue weighted by atomic mass is 10.2. The second-order valence-corrected chi connectivity index (χ2v) is 8.52. The van der Waals surface area contributed by atoms with Gasteiger partial charge in [-0.1, -0.05) is 19.1 Å². The summed E-state index contributed by atoms with van der Waals surface area (Å²) in [4.78, 5) is 27.5. The molecule has 2 aromatic heterocycles. The van der Waals surface area contributed by atoms with Gasteiger partial charge in [0.15, 0.2) is 9.84 Å². The van der Waals surface area contributed by atoms with Gasteiger partial charge in [-0.2, -0.15) is 0 Å². The second-order valence-electron chi connectivity index (χ2n) is 5.22. The Balaban J connectivity index is 2.20. The topological polar surface area (TPSA) is 105 Å². The summed E-state index contributed by atoms with van der Waals surface area (Å²) in [5.74, 6) is -1.64. The van der Waals surface area contributed by atoms with Crippen molar-refractivity contribution in [2.24, 2.45) is 0 Å². The van der Waals surface area contributed by atoms with E-state index in [2.05, 4.69) is 15.6 Å². The summed E-state index contributed by atoms with van der Waals surface area (Å²) >= 11 is 1.10. The zero-order valence-corrected chi connectivity index (χ0v) is 15.3. The molecule has 25 heavy (non-hydrogen) atoms. The Labute approximate surface area is 150 Å². The van der Waals surface area contributed by atoms with Crippen molar-refractivity contribution >= 4 is 33.0 Å². The molecule has 0 aromatic carbocycles. The Morgan fingerprint density at radius 1 is 1.20 bits per heavy atom. The Hall–Kier alpha value is -2.26. The molecule has 2 N–H and O–H groups in total. The Morgan fingerprint density at radius 3 is 2.56 bits per heavy atom. The molecule has 0 bridgehead atoms. The molecule has 2 heterocycles. The number of nitrogens with one attached hydrogen (secondary N) is 2. The molecular weight excluding hydrogens is 362 g/mol. The third kappa shape index (κ3) is 4.86. The average molecular weight is 381 g/mol. The molecule has 0 radical (unpaired) electrons. The Morgan fingerprint density at radius 2 is 1.96 bits per heavy atom. The number of pyridine rings is 1. The van der Waals surface area contributed by atoms with Crippen molar-refractivity contribution in [3.8, 4) is 0 Å². The maximum absolute atomic E-state index is 12.9. The van der Waals surface area contributed by atoms with Crippen molar-refractivity contribution in [1.29, 1.82) is 0 Å². The molecule has 1 atom stereocenters. The van der Waals surface area contributed by atoms with E-state index in [1.807, 2.05) is 6.92 Å². The van der Waals surface area contributed by atoms with E-state index >= 15 is 0 Å². The summed E-state index contributed by atoms with van der Waals surface area (Å²) in [6, 6.07) is 6.42. The van der Waals surface area contributed by atoms with Crippen LogP contribution in [0, 0.1) is 0 Å². The summed E-state index contributed by atoms with van der Waals surface area (Å²) in [7, 11) is -3.72. The van der Waals surface area contributed by atoms with Crippen LogP contribution in [0.5, 0.6) is 0 Å². The summed E-state index contributed by atoms with van der Waals surface area (Å²) in [6.45, 7) is 2.03. The fourth-order valence-electron chi connectivity index (χ4n) is 2.12. The Kier molecular flexibility index (Phi) is 6.65. The molecule has 0 fully saturated rings. The number of hydrogen-bond donors (Lipinski definition) is 2. The van der Waals surface area contributed by atoms with E-state index in [1.54, 1.807) is 23.6 Å². The van der Waals surface area contributed by atoms with Crippen LogP contribution in [-0.4, -0.2) is 38.3 Å². The number of hydrogen-bond acceptors (Lipinski definition) is 6. The van der Waals surface area contributed by atoms with Crippen LogP contribution in [0.1, 0.15) is 24.2 Å². The standard InChI is InChI=1S/C16H19N3O4S2/c1-2-7-18-15(20)16(21)19-11-13(12-5-3-8-17-10-12)25(22,23)14-6-4-9-24-14/h3-6,8-10,13H,2,7,11H2,1H3,(H,18,20)(H,19,21)/t13-/m0/s1. The first kappa shape index (κ1) is 19.1. The molecule has 7 nitrogen and oxygen atoms in total. The molecule has 134 valence electrons. The number of nitrogens with zero attached hydrogens (tertiary/aromatic N) is 1. The van der Waals surface area contributed by atoms with Gasteiger partial charge in [-0.05, 0) is 29.5 Å². The van der Waals surface area contributed by atoms with E-state index in [-0.39, 0.29) is 10.8 Å². The van der Waals surface area contributed by atoms with Crippen LogP contribution < -0.4 is 10.6 Å². The fraction of sp³-hybridized carbons (Fsp3) is 0.312. The lowest BCUT2D eigenvalue weighted by molar-refractivity contribution is -0.139. The van der Waals surface area contributed by atoms with Gasteiger partial charge >= 0.3 is 11.8 Å². The number of sulfone groups is 1.